The maximum Gasteiger partial charge on any atom is 0.144 e. The van der Waals surface area contributed by atoms with Gasteiger partial charge in [-0.1, -0.05) is 19.9 Å². The second kappa shape index (κ2) is 4.70. The van der Waals surface area contributed by atoms with Gasteiger partial charge >= 0.3 is 0 Å². The Bertz CT molecular complexity index is 466. The van der Waals surface area contributed by atoms with E-state index >= 15 is 0 Å². The zero-order valence-electron chi connectivity index (χ0n) is 9.74. The molecule has 0 aliphatic rings. The number of phenolic OH excluding ortho intramolecular Hbond substituents is 1. The Balaban J connectivity index is 3.31. The molecule has 5 heteroatoms. The monoisotopic (exact) mass is 238 g/mol. The molecular weight excluding hydrogens is 223 g/mol. The third-order valence-corrected chi connectivity index (χ3v) is 2.85. The molecule has 0 aliphatic heterocycles. The minimum Gasteiger partial charge on any atom is -0.506 e. The number of nitrogens with zero attached hydrogens (tertiary/aromatic N) is 1. The lowest BCUT2D eigenvalue weighted by Gasteiger charge is -2.30. The molecule has 92 valence electrons. The van der Waals surface area contributed by atoms with Gasteiger partial charge in [-0.3, -0.25) is 0 Å². The molecule has 1 aromatic rings. The summed E-state index contributed by atoms with van der Waals surface area (Å²) in [5, 5.41) is 27.7. The molecule has 0 saturated carbocycles. The Morgan fingerprint density at radius 2 is 2.12 bits per heavy atom. The summed E-state index contributed by atoms with van der Waals surface area (Å²) in [6, 6.07) is 3.30. The van der Waals surface area contributed by atoms with Crippen LogP contribution in [0.25, 0.3) is 0 Å². The molecule has 1 atom stereocenters. The van der Waals surface area contributed by atoms with Crippen LogP contribution in [-0.2, 0) is 0 Å². The smallest absolute Gasteiger partial charge is 0.144 e. The van der Waals surface area contributed by atoms with E-state index in [2.05, 4.69) is 0 Å². The van der Waals surface area contributed by atoms with Gasteiger partial charge in [-0.05, 0) is 6.07 Å². The maximum absolute atomic E-state index is 13.2. The lowest BCUT2D eigenvalue weighted by Crippen LogP contribution is -2.32. The minimum atomic E-state index is -0.789. The van der Waals surface area contributed by atoms with Crippen LogP contribution >= 0.6 is 0 Å². The summed E-state index contributed by atoms with van der Waals surface area (Å²) in [7, 11) is 0. The number of halogens is 1. The van der Waals surface area contributed by atoms with Crippen molar-refractivity contribution in [3.63, 3.8) is 0 Å². The molecule has 0 fully saturated rings. The van der Waals surface area contributed by atoms with Gasteiger partial charge in [0, 0.05) is 23.6 Å². The summed E-state index contributed by atoms with van der Waals surface area (Å²) in [4.78, 5) is 0. The highest BCUT2D eigenvalue weighted by molar-refractivity contribution is 5.49. The van der Waals surface area contributed by atoms with E-state index in [9.17, 15) is 14.6 Å². The van der Waals surface area contributed by atoms with Crippen LogP contribution in [0.1, 0.15) is 31.0 Å². The van der Waals surface area contributed by atoms with Gasteiger partial charge < -0.3 is 15.9 Å². The van der Waals surface area contributed by atoms with Crippen LogP contribution in [-0.4, -0.2) is 16.8 Å². The summed E-state index contributed by atoms with van der Waals surface area (Å²) in [5.74, 6) is -1.25. The first-order valence-electron chi connectivity index (χ1n) is 5.13. The van der Waals surface area contributed by atoms with Crippen LogP contribution in [0.15, 0.2) is 12.1 Å². The quantitative estimate of drug-likeness (QED) is 0.742. The highest BCUT2D eigenvalue weighted by atomic mass is 19.1. The first kappa shape index (κ1) is 13.4. The van der Waals surface area contributed by atoms with E-state index in [4.69, 9.17) is 11.0 Å². The average molecular weight is 238 g/mol. The summed E-state index contributed by atoms with van der Waals surface area (Å²) in [6.07, 6.45) is 0. The van der Waals surface area contributed by atoms with Gasteiger partial charge in [0.15, 0.2) is 0 Å². The lowest BCUT2D eigenvalue weighted by molar-refractivity contribution is 0.131. The number of nitrogens with two attached hydrogens (primary N) is 1. The highest BCUT2D eigenvalue weighted by Gasteiger charge is 2.30. The van der Waals surface area contributed by atoms with Crippen molar-refractivity contribution >= 4 is 0 Å². The summed E-state index contributed by atoms with van der Waals surface area (Å²) < 4.78 is 13.2. The maximum atomic E-state index is 13.2. The lowest BCUT2D eigenvalue weighted by atomic mass is 9.81. The molecule has 0 unspecified atom stereocenters. The van der Waals surface area contributed by atoms with E-state index in [1.54, 1.807) is 19.9 Å². The number of nitriles is 1. The van der Waals surface area contributed by atoms with Gasteiger partial charge in [-0.2, -0.15) is 5.26 Å². The van der Waals surface area contributed by atoms with E-state index in [0.29, 0.717) is 0 Å². The fourth-order valence-electron chi connectivity index (χ4n) is 1.46. The second-order valence-corrected chi connectivity index (χ2v) is 4.60. The molecule has 17 heavy (non-hydrogen) atoms. The molecule has 0 aromatic heterocycles. The van der Waals surface area contributed by atoms with Crippen molar-refractivity contribution < 1.29 is 14.6 Å². The molecule has 0 radical (unpaired) electrons. The third-order valence-electron chi connectivity index (χ3n) is 2.85. The number of phenols is 1. The van der Waals surface area contributed by atoms with Crippen molar-refractivity contribution in [2.45, 2.75) is 19.9 Å². The van der Waals surface area contributed by atoms with Crippen molar-refractivity contribution in [3.05, 3.63) is 29.1 Å². The number of aromatic hydroxyl groups is 1. The van der Waals surface area contributed by atoms with Crippen molar-refractivity contribution in [2.24, 2.45) is 11.1 Å². The fraction of sp³-hybridized carbons (Fsp3) is 0.417. The summed E-state index contributed by atoms with van der Waals surface area (Å²) in [6.45, 7) is 3.24. The topological polar surface area (TPSA) is 90.3 Å². The largest absolute Gasteiger partial charge is 0.506 e. The van der Waals surface area contributed by atoms with Gasteiger partial charge in [-0.15, -0.1) is 0 Å². The molecule has 0 spiro atoms. The SMILES string of the molecule is CC(C)(CO)[C@@H](N)c1ccc(F)c(C#N)c1O. The minimum absolute atomic E-state index is 0.188. The first-order chi connectivity index (χ1) is 7.85. The highest BCUT2D eigenvalue weighted by Crippen LogP contribution is 2.37. The second-order valence-electron chi connectivity index (χ2n) is 4.60. The third kappa shape index (κ3) is 2.38. The Morgan fingerprint density at radius 3 is 2.59 bits per heavy atom. The fourth-order valence-corrected chi connectivity index (χ4v) is 1.46. The Labute approximate surface area is 99.1 Å². The molecule has 0 saturated heterocycles. The molecule has 4 nitrogen and oxygen atoms in total. The van der Waals surface area contributed by atoms with E-state index in [1.165, 1.54) is 6.07 Å². The van der Waals surface area contributed by atoms with Gasteiger partial charge in [0.25, 0.3) is 0 Å². The van der Waals surface area contributed by atoms with Gasteiger partial charge in [-0.25, -0.2) is 4.39 Å². The van der Waals surface area contributed by atoms with E-state index < -0.39 is 28.6 Å². The predicted octanol–water partition coefficient (Wildman–Crippen LogP) is 1.42. The number of hydrogen-bond donors (Lipinski definition) is 3. The van der Waals surface area contributed by atoms with Crippen LogP contribution in [0.4, 0.5) is 4.39 Å². The molecular formula is C12H15FN2O2. The van der Waals surface area contributed by atoms with Gasteiger partial charge in [0.2, 0.25) is 0 Å². The van der Waals surface area contributed by atoms with Crippen molar-refractivity contribution in [3.8, 4) is 11.8 Å². The molecule has 0 bridgehead atoms. The Morgan fingerprint density at radius 1 is 1.53 bits per heavy atom. The first-order valence-corrected chi connectivity index (χ1v) is 5.13. The summed E-state index contributed by atoms with van der Waals surface area (Å²) in [5.41, 5.74) is 5.05. The van der Waals surface area contributed by atoms with E-state index in [-0.39, 0.29) is 12.2 Å². The van der Waals surface area contributed by atoms with Crippen LogP contribution < -0.4 is 5.73 Å². The van der Waals surface area contributed by atoms with Gasteiger partial charge in [0.1, 0.15) is 23.2 Å². The number of aliphatic hydroxyl groups is 1. The predicted molar refractivity (Wildman–Crippen MR) is 60.6 cm³/mol. The van der Waals surface area contributed by atoms with Crippen LogP contribution in [0.3, 0.4) is 0 Å². The molecule has 0 amide bonds. The van der Waals surface area contributed by atoms with Crippen molar-refractivity contribution in [1.29, 1.82) is 5.26 Å². The zero-order chi connectivity index (χ0) is 13.2. The average Bonchev–Trinajstić information content (AvgIpc) is 2.29. The van der Waals surface area contributed by atoms with Crippen molar-refractivity contribution in [1.82, 2.24) is 0 Å². The standard InChI is InChI=1S/C12H15FN2O2/c1-12(2,6-16)11(15)7-3-4-9(13)8(5-14)10(7)17/h3-4,11,16-17H,6,15H2,1-2H3/t11-/m0/s1. The molecule has 4 N–H and O–H groups in total. The van der Waals surface area contributed by atoms with Crippen LogP contribution in [0.2, 0.25) is 0 Å². The van der Waals surface area contributed by atoms with E-state index in [1.807, 2.05) is 0 Å². The zero-order valence-corrected chi connectivity index (χ0v) is 9.74. The molecule has 0 aliphatic carbocycles. The number of benzene rings is 1. The number of hydrogen-bond acceptors (Lipinski definition) is 4. The molecule has 0 heterocycles. The Kier molecular flexibility index (Phi) is 3.71. The summed E-state index contributed by atoms with van der Waals surface area (Å²) >= 11 is 0. The van der Waals surface area contributed by atoms with Crippen LogP contribution in [0.5, 0.6) is 5.75 Å². The molecule has 1 rings (SSSR count). The van der Waals surface area contributed by atoms with Crippen LogP contribution in [0, 0.1) is 22.6 Å². The van der Waals surface area contributed by atoms with Crippen molar-refractivity contribution in [2.75, 3.05) is 6.61 Å². The Hall–Kier alpha value is -1.64. The number of rotatable bonds is 3. The molecule has 1 aromatic carbocycles. The van der Waals surface area contributed by atoms with E-state index in [0.717, 1.165) is 6.07 Å². The normalized spacial score (nSPS) is 13.2. The van der Waals surface area contributed by atoms with Gasteiger partial charge in [0.05, 0.1) is 0 Å². The number of aliphatic hydroxyl groups excluding tert-OH is 1.